The van der Waals surface area contributed by atoms with E-state index in [0.29, 0.717) is 60.0 Å². The highest BCUT2D eigenvalue weighted by Gasteiger charge is 2.29. The smallest absolute Gasteiger partial charge is 0.309 e. The van der Waals surface area contributed by atoms with Gasteiger partial charge in [0.05, 0.1) is 24.0 Å². The summed E-state index contributed by atoms with van der Waals surface area (Å²) in [7, 11) is 0. The van der Waals surface area contributed by atoms with Gasteiger partial charge in [0.15, 0.2) is 11.0 Å². The Morgan fingerprint density at radius 1 is 1.21 bits per heavy atom. The van der Waals surface area contributed by atoms with Gasteiger partial charge in [0.1, 0.15) is 10.7 Å². The maximum absolute atomic E-state index is 13.1. The number of aryl methyl sites for hydroxylation is 1. The average Bonchev–Trinajstić information content (AvgIpc) is 3.61. The number of piperidine rings is 1. The first kappa shape index (κ1) is 27.3. The van der Waals surface area contributed by atoms with Crippen LogP contribution in [0.15, 0.2) is 53.3 Å². The molecule has 3 aromatic heterocycles. The van der Waals surface area contributed by atoms with Gasteiger partial charge < -0.3 is 9.64 Å². The third kappa shape index (κ3) is 6.15. The van der Waals surface area contributed by atoms with Crippen LogP contribution in [0.3, 0.4) is 0 Å². The fourth-order valence-electron chi connectivity index (χ4n) is 4.43. The zero-order valence-electron chi connectivity index (χ0n) is 21.5. The standard InChI is InChI=1S/C27H27ClN6O3S2/c1-3-37-26(36)18-8-11-33(12-9-18)25(35)21-15-38-23(30-21)16-39-27-32-31-24(19-5-4-10-29-14-19)34(27)22-13-20(28)7-6-17(22)2/h4-7,10,13-15,18H,3,8-9,11-12,16H2,1-2H3. The van der Waals surface area contributed by atoms with Crippen LogP contribution in [0.4, 0.5) is 0 Å². The van der Waals surface area contributed by atoms with Gasteiger partial charge in [0.25, 0.3) is 5.91 Å². The number of thiazole rings is 1. The van der Waals surface area contributed by atoms with E-state index in [1.807, 2.05) is 41.8 Å². The molecule has 0 N–H and O–H groups in total. The van der Waals surface area contributed by atoms with E-state index in [9.17, 15) is 9.59 Å². The number of nitrogens with zero attached hydrogens (tertiary/aromatic N) is 6. The summed E-state index contributed by atoms with van der Waals surface area (Å²) in [5.74, 6) is 0.755. The topological polar surface area (TPSA) is 103 Å². The molecule has 9 nitrogen and oxygen atoms in total. The van der Waals surface area contributed by atoms with Gasteiger partial charge in [0, 0.05) is 41.4 Å². The van der Waals surface area contributed by atoms with E-state index >= 15 is 0 Å². The molecule has 1 fully saturated rings. The lowest BCUT2D eigenvalue weighted by molar-refractivity contribution is -0.149. The number of amides is 1. The highest BCUT2D eigenvalue weighted by atomic mass is 35.5. The number of ether oxygens (including phenoxy) is 1. The lowest BCUT2D eigenvalue weighted by atomic mass is 9.97. The molecule has 39 heavy (non-hydrogen) atoms. The van der Waals surface area contributed by atoms with Crippen LogP contribution < -0.4 is 0 Å². The fraction of sp³-hybridized carbons (Fsp3) is 0.333. The molecule has 202 valence electrons. The van der Waals surface area contributed by atoms with Crippen LogP contribution in [0.25, 0.3) is 17.1 Å². The van der Waals surface area contributed by atoms with Crippen molar-refractivity contribution in [1.82, 2.24) is 29.6 Å². The lowest BCUT2D eigenvalue weighted by Gasteiger charge is -2.30. The van der Waals surface area contributed by atoms with Gasteiger partial charge in [-0.3, -0.25) is 19.1 Å². The Labute approximate surface area is 239 Å². The molecular formula is C27H27ClN6O3S2. The number of carbonyl (C=O) groups excluding carboxylic acids is 2. The summed E-state index contributed by atoms with van der Waals surface area (Å²) in [5.41, 5.74) is 3.17. The van der Waals surface area contributed by atoms with E-state index in [4.69, 9.17) is 16.3 Å². The van der Waals surface area contributed by atoms with Gasteiger partial charge in [0.2, 0.25) is 0 Å². The number of rotatable bonds is 8. The highest BCUT2D eigenvalue weighted by molar-refractivity contribution is 7.98. The summed E-state index contributed by atoms with van der Waals surface area (Å²) in [5, 5.41) is 12.8. The maximum atomic E-state index is 13.1. The summed E-state index contributed by atoms with van der Waals surface area (Å²) in [6.07, 6.45) is 4.68. The van der Waals surface area contributed by atoms with Gasteiger partial charge in [-0.05, 0) is 56.5 Å². The summed E-state index contributed by atoms with van der Waals surface area (Å²) in [4.78, 5) is 35.7. The van der Waals surface area contributed by atoms with Crippen LogP contribution in [-0.2, 0) is 15.3 Å². The first-order valence-electron chi connectivity index (χ1n) is 12.6. The van der Waals surface area contributed by atoms with E-state index in [-0.39, 0.29) is 17.8 Å². The molecule has 1 aromatic carbocycles. The second-order valence-corrected chi connectivity index (χ2v) is 11.4. The van der Waals surface area contributed by atoms with E-state index in [1.54, 1.807) is 29.6 Å². The van der Waals surface area contributed by atoms with Crippen molar-refractivity contribution in [3.05, 3.63) is 69.4 Å². The van der Waals surface area contributed by atoms with Crippen molar-refractivity contribution in [2.75, 3.05) is 19.7 Å². The number of hydrogen-bond acceptors (Lipinski definition) is 9. The molecule has 0 bridgehead atoms. The third-order valence-electron chi connectivity index (χ3n) is 6.46. The lowest BCUT2D eigenvalue weighted by Crippen LogP contribution is -2.40. The van der Waals surface area contributed by atoms with Gasteiger partial charge in [-0.1, -0.05) is 29.4 Å². The monoisotopic (exact) mass is 582 g/mol. The minimum absolute atomic E-state index is 0.110. The van der Waals surface area contributed by atoms with Gasteiger partial charge >= 0.3 is 5.97 Å². The van der Waals surface area contributed by atoms with E-state index in [0.717, 1.165) is 21.8 Å². The van der Waals surface area contributed by atoms with Crippen molar-refractivity contribution in [2.24, 2.45) is 5.92 Å². The molecule has 0 aliphatic carbocycles. The minimum atomic E-state index is -0.176. The van der Waals surface area contributed by atoms with Crippen LogP contribution in [0.2, 0.25) is 5.02 Å². The highest BCUT2D eigenvalue weighted by Crippen LogP contribution is 2.32. The van der Waals surface area contributed by atoms with Gasteiger partial charge in [-0.25, -0.2) is 4.98 Å². The molecule has 0 radical (unpaired) electrons. The Morgan fingerprint density at radius 3 is 2.77 bits per heavy atom. The molecular weight excluding hydrogens is 556 g/mol. The number of aromatic nitrogens is 5. The van der Waals surface area contributed by atoms with Gasteiger partial charge in [-0.2, -0.15) is 0 Å². The summed E-state index contributed by atoms with van der Waals surface area (Å²) >= 11 is 9.28. The molecule has 4 aromatic rings. The summed E-state index contributed by atoms with van der Waals surface area (Å²) < 4.78 is 7.11. The zero-order chi connectivity index (χ0) is 27.4. The number of carbonyl (C=O) groups is 2. The second kappa shape index (κ2) is 12.3. The first-order chi connectivity index (χ1) is 18.9. The number of halogens is 1. The first-order valence-corrected chi connectivity index (χ1v) is 14.8. The molecule has 4 heterocycles. The predicted molar refractivity (Wildman–Crippen MR) is 151 cm³/mol. The normalized spacial score (nSPS) is 14.0. The molecule has 0 unspecified atom stereocenters. The number of hydrogen-bond donors (Lipinski definition) is 0. The van der Waals surface area contributed by atoms with Crippen molar-refractivity contribution in [3.8, 4) is 17.1 Å². The molecule has 1 aliphatic rings. The van der Waals surface area contributed by atoms with E-state index < -0.39 is 0 Å². The number of benzene rings is 1. The SMILES string of the molecule is CCOC(=O)C1CCN(C(=O)c2csc(CSc3nnc(-c4cccnc4)n3-c3cc(Cl)ccc3C)n2)CC1. The Morgan fingerprint density at radius 2 is 2.03 bits per heavy atom. The van der Waals surface area contributed by atoms with Crippen molar-refractivity contribution in [2.45, 2.75) is 37.6 Å². The van der Waals surface area contributed by atoms with Crippen LogP contribution >= 0.6 is 34.7 Å². The number of likely N-dealkylation sites (tertiary alicyclic amines) is 1. The fourth-order valence-corrected chi connectivity index (χ4v) is 6.33. The number of esters is 1. The van der Waals surface area contributed by atoms with Crippen molar-refractivity contribution in [1.29, 1.82) is 0 Å². The molecule has 1 aliphatic heterocycles. The minimum Gasteiger partial charge on any atom is -0.466 e. The Hall–Kier alpha value is -3.28. The Bertz CT molecular complexity index is 1470. The summed E-state index contributed by atoms with van der Waals surface area (Å²) in [6, 6.07) is 9.52. The average molecular weight is 583 g/mol. The van der Waals surface area contributed by atoms with Crippen LogP contribution in [0, 0.1) is 12.8 Å². The molecule has 1 saturated heterocycles. The zero-order valence-corrected chi connectivity index (χ0v) is 23.9. The maximum Gasteiger partial charge on any atom is 0.309 e. The second-order valence-electron chi connectivity index (χ2n) is 9.05. The largest absolute Gasteiger partial charge is 0.466 e. The molecule has 0 spiro atoms. The van der Waals surface area contributed by atoms with Gasteiger partial charge in [-0.15, -0.1) is 21.5 Å². The Kier molecular flexibility index (Phi) is 8.59. The van der Waals surface area contributed by atoms with E-state index in [1.165, 1.54) is 23.1 Å². The van der Waals surface area contributed by atoms with E-state index in [2.05, 4.69) is 20.2 Å². The van der Waals surface area contributed by atoms with Crippen LogP contribution in [0.1, 0.15) is 40.8 Å². The number of thioether (sulfide) groups is 1. The van der Waals surface area contributed by atoms with Crippen LogP contribution in [0.5, 0.6) is 0 Å². The van der Waals surface area contributed by atoms with Crippen molar-refractivity contribution in [3.63, 3.8) is 0 Å². The molecule has 0 saturated carbocycles. The quantitative estimate of drug-likeness (QED) is 0.199. The number of pyridine rings is 1. The Balaban J connectivity index is 1.31. The predicted octanol–water partition coefficient (Wildman–Crippen LogP) is 5.46. The molecule has 12 heteroatoms. The van der Waals surface area contributed by atoms with Crippen molar-refractivity contribution < 1.29 is 14.3 Å². The third-order valence-corrected chi connectivity index (χ3v) is 8.67. The molecule has 5 rings (SSSR count). The molecule has 1 amide bonds. The van der Waals surface area contributed by atoms with Crippen molar-refractivity contribution >= 4 is 46.6 Å². The molecule has 0 atom stereocenters. The summed E-state index contributed by atoms with van der Waals surface area (Å²) in [6.45, 7) is 5.22. The van der Waals surface area contributed by atoms with Crippen LogP contribution in [-0.4, -0.2) is 61.2 Å².